The molecule has 9 heteroatoms. The number of methoxy groups -OCH3 is 2. The molecular formula is C25H41O8P. The molecule has 0 atom stereocenters. The minimum atomic E-state index is -3.31. The lowest BCUT2D eigenvalue weighted by Gasteiger charge is -2.20. The van der Waals surface area contributed by atoms with Crippen LogP contribution in [0.25, 0.3) is 0 Å². The molecule has 1 rings (SSSR count). The molecule has 0 aliphatic heterocycles. The number of allylic oxidation sites excluding steroid dienone is 3. The van der Waals surface area contributed by atoms with Gasteiger partial charge in [0, 0.05) is 19.8 Å². The molecule has 0 bridgehead atoms. The second-order valence-electron chi connectivity index (χ2n) is 7.78. The van der Waals surface area contributed by atoms with Gasteiger partial charge in [0.15, 0.2) is 13.6 Å². The van der Waals surface area contributed by atoms with Crippen LogP contribution in [0, 0.1) is 0 Å². The van der Waals surface area contributed by atoms with E-state index in [0.717, 1.165) is 24.0 Å². The van der Waals surface area contributed by atoms with Gasteiger partial charge in [-0.3, -0.25) is 4.57 Å². The van der Waals surface area contributed by atoms with Gasteiger partial charge in [0.1, 0.15) is 11.5 Å². The lowest BCUT2D eigenvalue weighted by atomic mass is 10.0. The van der Waals surface area contributed by atoms with Crippen molar-refractivity contribution in [3.05, 3.63) is 46.6 Å². The number of hydrogen-bond acceptors (Lipinski definition) is 8. The molecule has 0 spiro atoms. The zero-order chi connectivity index (χ0) is 25.4. The van der Waals surface area contributed by atoms with E-state index in [4.69, 9.17) is 33.1 Å². The summed E-state index contributed by atoms with van der Waals surface area (Å²) < 4.78 is 46.0. The van der Waals surface area contributed by atoms with Crippen molar-refractivity contribution in [1.29, 1.82) is 0 Å². The third-order valence-corrected chi connectivity index (χ3v) is 6.91. The Morgan fingerprint density at radius 2 is 1.50 bits per heavy atom. The molecule has 0 fully saturated rings. The molecule has 0 amide bonds. The maximum atomic E-state index is 13.1. The fraction of sp³-hybridized carbons (Fsp3) is 0.600. The monoisotopic (exact) mass is 500 g/mol. The summed E-state index contributed by atoms with van der Waals surface area (Å²) in [6.07, 6.45) is 6.57. The standard InChI is InChI=1S/C25H41O8P/c1-7-32-34(27,33-8-2)17-22-14-24(30-18-28-5)23(25(15-22)31-19-29-6)13-12-20(3)10-9-11-21(4)16-26/h11-12,14-15,26H,7-10,13,16-19H2,1-6H3. The van der Waals surface area contributed by atoms with E-state index in [0.29, 0.717) is 23.5 Å². The van der Waals surface area contributed by atoms with Crippen molar-refractivity contribution in [2.45, 2.75) is 53.1 Å². The summed E-state index contributed by atoms with van der Waals surface area (Å²) in [5, 5.41) is 9.14. The Bertz CT molecular complexity index is 795. The van der Waals surface area contributed by atoms with Crippen LogP contribution in [0.1, 0.15) is 51.7 Å². The Morgan fingerprint density at radius 3 is 1.97 bits per heavy atom. The van der Waals surface area contributed by atoms with E-state index in [2.05, 4.69) is 13.0 Å². The SMILES string of the molecule is CCOP(=O)(Cc1cc(OCOC)c(CC=C(C)CCC=C(C)CO)c(OCOC)c1)OCC. The van der Waals surface area contributed by atoms with E-state index in [1.165, 1.54) is 5.57 Å². The van der Waals surface area contributed by atoms with Crippen molar-refractivity contribution < 1.29 is 37.7 Å². The van der Waals surface area contributed by atoms with Crippen LogP contribution in [0.2, 0.25) is 0 Å². The normalized spacial score (nSPS) is 12.8. The zero-order valence-electron chi connectivity index (χ0n) is 21.4. The lowest BCUT2D eigenvalue weighted by Crippen LogP contribution is -2.08. The van der Waals surface area contributed by atoms with Gasteiger partial charge >= 0.3 is 7.60 Å². The first-order valence-corrected chi connectivity index (χ1v) is 13.2. The first-order chi connectivity index (χ1) is 16.3. The van der Waals surface area contributed by atoms with Crippen LogP contribution in [-0.4, -0.2) is 52.7 Å². The van der Waals surface area contributed by atoms with Crippen LogP contribution in [0.3, 0.4) is 0 Å². The molecule has 0 aliphatic rings. The molecular weight excluding hydrogens is 459 g/mol. The Kier molecular flexibility index (Phi) is 15.1. The van der Waals surface area contributed by atoms with Crippen LogP contribution in [-0.2, 0) is 35.7 Å². The third-order valence-electron chi connectivity index (χ3n) is 4.86. The summed E-state index contributed by atoms with van der Waals surface area (Å²) in [5.74, 6) is 1.15. The number of benzene rings is 1. The number of hydrogen-bond donors (Lipinski definition) is 1. The Labute approximate surface area is 204 Å². The first-order valence-electron chi connectivity index (χ1n) is 11.5. The van der Waals surface area contributed by atoms with E-state index in [9.17, 15) is 4.57 Å². The van der Waals surface area contributed by atoms with Crippen molar-refractivity contribution in [3.63, 3.8) is 0 Å². The van der Waals surface area contributed by atoms with Gasteiger partial charge in [-0.25, -0.2) is 0 Å². The molecule has 0 heterocycles. The average molecular weight is 501 g/mol. The molecule has 0 radical (unpaired) electrons. The second kappa shape index (κ2) is 16.9. The van der Waals surface area contributed by atoms with Crippen LogP contribution in [0.5, 0.6) is 11.5 Å². The van der Waals surface area contributed by atoms with Gasteiger partial charge in [0.2, 0.25) is 0 Å². The first kappa shape index (κ1) is 30.4. The molecule has 0 aromatic heterocycles. The van der Waals surface area contributed by atoms with E-state index in [-0.39, 0.29) is 39.6 Å². The number of ether oxygens (including phenoxy) is 4. The number of aliphatic hydroxyl groups is 1. The highest BCUT2D eigenvalue weighted by Gasteiger charge is 2.26. The van der Waals surface area contributed by atoms with Crippen molar-refractivity contribution in [1.82, 2.24) is 0 Å². The van der Waals surface area contributed by atoms with Gasteiger partial charge < -0.3 is 33.1 Å². The molecule has 194 valence electrons. The predicted octanol–water partition coefficient (Wildman–Crippen LogP) is 5.63. The highest BCUT2D eigenvalue weighted by molar-refractivity contribution is 7.53. The fourth-order valence-electron chi connectivity index (χ4n) is 3.20. The lowest BCUT2D eigenvalue weighted by molar-refractivity contribution is 0.0447. The minimum Gasteiger partial charge on any atom is -0.467 e. The van der Waals surface area contributed by atoms with E-state index < -0.39 is 7.60 Å². The van der Waals surface area contributed by atoms with Crippen molar-refractivity contribution >= 4 is 7.60 Å². The summed E-state index contributed by atoms with van der Waals surface area (Å²) in [4.78, 5) is 0. The average Bonchev–Trinajstić information content (AvgIpc) is 2.80. The quantitative estimate of drug-likeness (QED) is 0.158. The minimum absolute atomic E-state index is 0.0582. The van der Waals surface area contributed by atoms with Gasteiger partial charge in [0.25, 0.3) is 0 Å². The molecule has 0 saturated heterocycles. The molecule has 0 unspecified atom stereocenters. The number of rotatable bonds is 18. The third kappa shape index (κ3) is 11.2. The van der Waals surface area contributed by atoms with E-state index >= 15 is 0 Å². The highest BCUT2D eigenvalue weighted by atomic mass is 31.2. The molecule has 1 N–H and O–H groups in total. The van der Waals surface area contributed by atoms with Crippen molar-refractivity contribution in [2.24, 2.45) is 0 Å². The smallest absolute Gasteiger partial charge is 0.335 e. The Balaban J connectivity index is 3.28. The topological polar surface area (TPSA) is 92.7 Å². The largest absolute Gasteiger partial charge is 0.467 e. The highest BCUT2D eigenvalue weighted by Crippen LogP contribution is 2.52. The predicted molar refractivity (Wildman–Crippen MR) is 134 cm³/mol. The molecule has 1 aromatic rings. The summed E-state index contributed by atoms with van der Waals surface area (Å²) in [6, 6.07) is 3.66. The molecule has 0 saturated carbocycles. The summed E-state index contributed by atoms with van der Waals surface area (Å²) in [5.41, 5.74) is 3.71. The Morgan fingerprint density at radius 1 is 0.941 bits per heavy atom. The molecule has 0 aliphatic carbocycles. The van der Waals surface area contributed by atoms with E-state index in [1.807, 2.05) is 25.1 Å². The van der Waals surface area contributed by atoms with Gasteiger partial charge in [-0.05, 0) is 64.7 Å². The van der Waals surface area contributed by atoms with E-state index in [1.54, 1.807) is 28.1 Å². The van der Waals surface area contributed by atoms with Crippen LogP contribution in [0.15, 0.2) is 35.4 Å². The molecule has 8 nitrogen and oxygen atoms in total. The van der Waals surface area contributed by atoms with Gasteiger partial charge in [-0.15, -0.1) is 0 Å². The van der Waals surface area contributed by atoms with Gasteiger partial charge in [-0.1, -0.05) is 23.3 Å². The number of aliphatic hydroxyl groups excluding tert-OH is 1. The summed E-state index contributed by atoms with van der Waals surface area (Å²) >= 11 is 0. The van der Waals surface area contributed by atoms with Crippen LogP contribution >= 0.6 is 7.60 Å². The van der Waals surface area contributed by atoms with Crippen LogP contribution < -0.4 is 9.47 Å². The maximum Gasteiger partial charge on any atom is 0.335 e. The second-order valence-corrected chi connectivity index (χ2v) is 9.83. The maximum absolute atomic E-state index is 13.1. The van der Waals surface area contributed by atoms with Crippen LogP contribution in [0.4, 0.5) is 0 Å². The summed E-state index contributed by atoms with van der Waals surface area (Å²) in [6.45, 7) is 8.31. The molecule has 1 aromatic carbocycles. The zero-order valence-corrected chi connectivity index (χ0v) is 22.3. The van der Waals surface area contributed by atoms with Crippen molar-refractivity contribution in [2.75, 3.05) is 47.6 Å². The molecule has 34 heavy (non-hydrogen) atoms. The van der Waals surface area contributed by atoms with Crippen molar-refractivity contribution in [3.8, 4) is 11.5 Å². The van der Waals surface area contributed by atoms with Gasteiger partial charge in [0.05, 0.1) is 26.0 Å². The van der Waals surface area contributed by atoms with Gasteiger partial charge in [-0.2, -0.15) is 0 Å². The summed E-state index contributed by atoms with van der Waals surface area (Å²) in [7, 11) is -0.208. The Hall–Kier alpha value is -1.67. The fourth-order valence-corrected chi connectivity index (χ4v) is 4.88.